The van der Waals surface area contributed by atoms with E-state index in [1.54, 1.807) is 29.2 Å². The van der Waals surface area contributed by atoms with Crippen molar-refractivity contribution in [2.45, 2.75) is 18.9 Å². The Hall–Kier alpha value is -2.12. The average molecular weight is 347 g/mol. The first kappa shape index (κ1) is 17.7. The number of ether oxygens (including phenoxy) is 2. The van der Waals surface area contributed by atoms with Crippen LogP contribution in [0.25, 0.3) is 0 Å². The van der Waals surface area contributed by atoms with Crippen LogP contribution in [0.2, 0.25) is 0 Å². The van der Waals surface area contributed by atoms with Gasteiger partial charge in [-0.15, -0.1) is 0 Å². The smallest absolute Gasteiger partial charge is 0.339 e. The van der Waals surface area contributed by atoms with Gasteiger partial charge in [-0.1, -0.05) is 12.1 Å². The summed E-state index contributed by atoms with van der Waals surface area (Å²) in [6.45, 7) is 4.82. The van der Waals surface area contributed by atoms with Crippen LogP contribution in [0.5, 0.6) is 0 Å². The Kier molecular flexibility index (Phi) is 5.88. The highest BCUT2D eigenvalue weighted by Crippen LogP contribution is 2.18. The van der Waals surface area contributed by atoms with Crippen LogP contribution in [-0.2, 0) is 9.47 Å². The van der Waals surface area contributed by atoms with Gasteiger partial charge >= 0.3 is 12.0 Å². The van der Waals surface area contributed by atoms with Gasteiger partial charge in [-0.25, -0.2) is 9.59 Å². The summed E-state index contributed by atoms with van der Waals surface area (Å²) in [5, 5.41) is 2.83. The zero-order valence-electron chi connectivity index (χ0n) is 14.6. The largest absolute Gasteiger partial charge is 0.465 e. The third-order valence-electron chi connectivity index (χ3n) is 4.72. The van der Waals surface area contributed by atoms with Crippen molar-refractivity contribution in [3.8, 4) is 0 Å². The molecular formula is C18H25N3O4. The molecule has 2 aliphatic heterocycles. The second-order valence-electron chi connectivity index (χ2n) is 6.39. The fraction of sp³-hybridized carbons (Fsp3) is 0.556. The van der Waals surface area contributed by atoms with Crippen LogP contribution in [-0.4, -0.2) is 74.3 Å². The number of piperazine rings is 1. The Morgan fingerprint density at radius 3 is 2.68 bits per heavy atom. The maximum absolute atomic E-state index is 12.5. The van der Waals surface area contributed by atoms with Gasteiger partial charge < -0.3 is 19.7 Å². The molecule has 0 saturated carbocycles. The Labute approximate surface area is 147 Å². The number of anilines is 1. The van der Waals surface area contributed by atoms with Gasteiger partial charge in [-0.05, 0) is 25.0 Å². The molecule has 0 aliphatic carbocycles. The standard InChI is InChI=1S/C18H25N3O4/c1-24-17(22)15-6-2-3-7-16(15)19-18(23)21-10-8-20(9-11-21)13-14-5-4-12-25-14/h2-3,6-7,14H,4-5,8-13H2,1H3,(H,19,23). The van der Waals surface area contributed by atoms with E-state index in [-0.39, 0.29) is 6.03 Å². The molecule has 0 spiro atoms. The number of methoxy groups -OCH3 is 1. The fourth-order valence-electron chi connectivity index (χ4n) is 3.28. The number of esters is 1. The zero-order chi connectivity index (χ0) is 17.6. The highest BCUT2D eigenvalue weighted by molar-refractivity contribution is 6.00. The van der Waals surface area contributed by atoms with Gasteiger partial charge in [0, 0.05) is 39.3 Å². The van der Waals surface area contributed by atoms with Crippen LogP contribution in [0.4, 0.5) is 10.5 Å². The molecule has 25 heavy (non-hydrogen) atoms. The number of para-hydroxylation sites is 1. The Morgan fingerprint density at radius 1 is 1.24 bits per heavy atom. The summed E-state index contributed by atoms with van der Waals surface area (Å²) in [7, 11) is 1.33. The van der Waals surface area contributed by atoms with E-state index in [0.29, 0.717) is 30.4 Å². The van der Waals surface area contributed by atoms with Crippen molar-refractivity contribution in [2.75, 3.05) is 51.8 Å². The molecule has 1 N–H and O–H groups in total. The summed E-state index contributed by atoms with van der Waals surface area (Å²) in [6.07, 6.45) is 2.62. The summed E-state index contributed by atoms with van der Waals surface area (Å²) in [4.78, 5) is 28.4. The SMILES string of the molecule is COC(=O)c1ccccc1NC(=O)N1CCN(CC2CCCO2)CC1. The normalized spacial score (nSPS) is 21.2. The lowest BCUT2D eigenvalue weighted by Gasteiger charge is -2.35. The second-order valence-corrected chi connectivity index (χ2v) is 6.39. The van der Waals surface area contributed by atoms with Gasteiger partial charge in [0.05, 0.1) is 24.5 Å². The van der Waals surface area contributed by atoms with Crippen LogP contribution in [0, 0.1) is 0 Å². The number of nitrogens with one attached hydrogen (secondary N) is 1. The predicted octanol–water partition coefficient (Wildman–Crippen LogP) is 1.80. The summed E-state index contributed by atoms with van der Waals surface area (Å²) < 4.78 is 10.4. The van der Waals surface area contributed by atoms with Gasteiger partial charge in [-0.2, -0.15) is 0 Å². The molecule has 0 radical (unpaired) electrons. The molecular weight excluding hydrogens is 322 g/mol. The average Bonchev–Trinajstić information content (AvgIpc) is 3.15. The van der Waals surface area contributed by atoms with Crippen LogP contribution in [0.1, 0.15) is 23.2 Å². The molecule has 1 aromatic carbocycles. The number of carbonyl (C=O) groups excluding carboxylic acids is 2. The third kappa shape index (κ3) is 4.49. The van der Waals surface area contributed by atoms with Crippen LogP contribution in [0.3, 0.4) is 0 Å². The topological polar surface area (TPSA) is 71.1 Å². The maximum atomic E-state index is 12.5. The minimum atomic E-state index is -0.461. The number of rotatable bonds is 4. The van der Waals surface area contributed by atoms with Crippen molar-refractivity contribution in [1.82, 2.24) is 9.80 Å². The van der Waals surface area contributed by atoms with E-state index in [9.17, 15) is 9.59 Å². The van der Waals surface area contributed by atoms with E-state index in [0.717, 1.165) is 39.1 Å². The summed E-state index contributed by atoms with van der Waals surface area (Å²) in [5.74, 6) is -0.461. The molecule has 1 atom stereocenters. The van der Waals surface area contributed by atoms with Crippen molar-refractivity contribution >= 4 is 17.7 Å². The molecule has 2 fully saturated rings. The minimum Gasteiger partial charge on any atom is -0.465 e. The molecule has 2 heterocycles. The fourth-order valence-corrected chi connectivity index (χ4v) is 3.28. The van der Waals surface area contributed by atoms with Crippen molar-refractivity contribution in [3.63, 3.8) is 0 Å². The van der Waals surface area contributed by atoms with E-state index < -0.39 is 5.97 Å². The van der Waals surface area contributed by atoms with Crippen LogP contribution < -0.4 is 5.32 Å². The highest BCUT2D eigenvalue weighted by Gasteiger charge is 2.25. The number of urea groups is 1. The first-order valence-corrected chi connectivity index (χ1v) is 8.74. The number of benzene rings is 1. The third-order valence-corrected chi connectivity index (χ3v) is 4.72. The zero-order valence-corrected chi connectivity index (χ0v) is 14.6. The van der Waals surface area contributed by atoms with Crippen molar-refractivity contribution < 1.29 is 19.1 Å². The first-order valence-electron chi connectivity index (χ1n) is 8.74. The number of amides is 2. The number of carbonyl (C=O) groups is 2. The van der Waals surface area contributed by atoms with E-state index in [1.807, 2.05) is 0 Å². The first-order chi connectivity index (χ1) is 12.2. The van der Waals surface area contributed by atoms with E-state index in [4.69, 9.17) is 9.47 Å². The quantitative estimate of drug-likeness (QED) is 0.841. The molecule has 3 rings (SSSR count). The lowest BCUT2D eigenvalue weighted by molar-refractivity contribution is 0.0572. The van der Waals surface area contributed by atoms with Gasteiger partial charge in [0.15, 0.2) is 0 Å². The molecule has 2 saturated heterocycles. The Bertz CT molecular complexity index is 608. The van der Waals surface area contributed by atoms with Gasteiger partial charge in [0.2, 0.25) is 0 Å². The van der Waals surface area contributed by atoms with Crippen LogP contribution >= 0.6 is 0 Å². The summed E-state index contributed by atoms with van der Waals surface area (Å²) in [6, 6.07) is 6.68. The van der Waals surface area contributed by atoms with Crippen molar-refractivity contribution in [2.24, 2.45) is 0 Å². The molecule has 0 bridgehead atoms. The molecule has 136 valence electrons. The number of hydrogen-bond acceptors (Lipinski definition) is 5. The molecule has 1 aromatic rings. The van der Waals surface area contributed by atoms with Gasteiger partial charge in [0.1, 0.15) is 0 Å². The van der Waals surface area contributed by atoms with Gasteiger partial charge in [-0.3, -0.25) is 4.90 Å². The monoisotopic (exact) mass is 347 g/mol. The lowest BCUT2D eigenvalue weighted by Crippen LogP contribution is -2.51. The molecule has 0 aromatic heterocycles. The highest BCUT2D eigenvalue weighted by atomic mass is 16.5. The maximum Gasteiger partial charge on any atom is 0.339 e. The van der Waals surface area contributed by atoms with Gasteiger partial charge in [0.25, 0.3) is 0 Å². The van der Waals surface area contributed by atoms with Crippen molar-refractivity contribution in [3.05, 3.63) is 29.8 Å². The minimum absolute atomic E-state index is 0.187. The molecule has 7 heteroatoms. The molecule has 7 nitrogen and oxygen atoms in total. The molecule has 1 unspecified atom stereocenters. The molecule has 2 amide bonds. The second kappa shape index (κ2) is 8.31. The van der Waals surface area contributed by atoms with E-state index in [1.165, 1.54) is 7.11 Å². The van der Waals surface area contributed by atoms with Crippen molar-refractivity contribution in [1.29, 1.82) is 0 Å². The Morgan fingerprint density at radius 2 is 2.00 bits per heavy atom. The van der Waals surface area contributed by atoms with E-state index in [2.05, 4.69) is 10.2 Å². The van der Waals surface area contributed by atoms with E-state index >= 15 is 0 Å². The predicted molar refractivity (Wildman–Crippen MR) is 93.8 cm³/mol. The number of nitrogens with zero attached hydrogens (tertiary/aromatic N) is 2. The summed E-state index contributed by atoms with van der Waals surface area (Å²) >= 11 is 0. The Balaban J connectivity index is 1.52. The molecule has 2 aliphatic rings. The van der Waals surface area contributed by atoms with Crippen LogP contribution in [0.15, 0.2) is 24.3 Å². The summed E-state index contributed by atoms with van der Waals surface area (Å²) in [5.41, 5.74) is 0.830. The lowest BCUT2D eigenvalue weighted by atomic mass is 10.2. The number of hydrogen-bond donors (Lipinski definition) is 1.